The lowest BCUT2D eigenvalue weighted by molar-refractivity contribution is -0.118. The molecule has 3 aromatic carbocycles. The van der Waals surface area contributed by atoms with Gasteiger partial charge < -0.3 is 9.57 Å². The number of imide groups is 1. The van der Waals surface area contributed by atoms with E-state index in [9.17, 15) is 18.0 Å². The highest BCUT2D eigenvalue weighted by atomic mass is 32.2. The molecule has 1 aliphatic rings. The molecule has 2 N–H and O–H groups in total. The van der Waals surface area contributed by atoms with Gasteiger partial charge in [-0.2, -0.15) is 0 Å². The Balaban J connectivity index is 1.20. The Labute approximate surface area is 219 Å². The highest BCUT2D eigenvalue weighted by molar-refractivity contribution is 8.15. The molecule has 1 unspecified atom stereocenters. The molecule has 37 heavy (non-hydrogen) atoms. The Kier molecular flexibility index (Phi) is 8.47. The molecular formula is C26H25N3O6S2. The number of ether oxygens (including phenoxy) is 1. The zero-order chi connectivity index (χ0) is 26.3. The summed E-state index contributed by atoms with van der Waals surface area (Å²) in [5, 5.41) is 5.67. The number of nitrogens with one attached hydrogen (secondary N) is 2. The number of hydrogen-bond donors (Lipinski definition) is 2. The molecule has 4 rings (SSSR count). The molecule has 1 atom stereocenters. The minimum absolute atomic E-state index is 0.193. The summed E-state index contributed by atoms with van der Waals surface area (Å²) in [6, 6.07) is 22.3. The molecule has 1 saturated heterocycles. The second kappa shape index (κ2) is 11.9. The van der Waals surface area contributed by atoms with Crippen molar-refractivity contribution in [2.24, 2.45) is 5.16 Å². The van der Waals surface area contributed by atoms with Crippen LogP contribution in [0.2, 0.25) is 0 Å². The summed E-state index contributed by atoms with van der Waals surface area (Å²) in [5.41, 5.74) is 2.80. The number of rotatable bonds is 11. The van der Waals surface area contributed by atoms with Crippen LogP contribution in [0.5, 0.6) is 5.75 Å². The van der Waals surface area contributed by atoms with Crippen molar-refractivity contribution in [2.45, 2.75) is 23.5 Å². The van der Waals surface area contributed by atoms with Crippen molar-refractivity contribution >= 4 is 44.3 Å². The fourth-order valence-corrected chi connectivity index (χ4v) is 5.39. The van der Waals surface area contributed by atoms with Crippen molar-refractivity contribution in [1.82, 2.24) is 5.32 Å². The minimum Gasteiger partial charge on any atom is -0.490 e. The topological polar surface area (TPSA) is 123 Å². The van der Waals surface area contributed by atoms with Crippen LogP contribution in [-0.2, 0) is 26.1 Å². The van der Waals surface area contributed by atoms with Crippen molar-refractivity contribution in [3.05, 3.63) is 90.0 Å². The number of carbonyl (C=O) groups is 2. The molecule has 1 heterocycles. The number of oxime groups is 1. The molecular weight excluding hydrogens is 514 g/mol. The maximum absolute atomic E-state index is 12.4. The summed E-state index contributed by atoms with van der Waals surface area (Å²) in [4.78, 5) is 28.5. The first-order valence-corrected chi connectivity index (χ1v) is 13.7. The van der Waals surface area contributed by atoms with E-state index in [1.165, 1.54) is 12.1 Å². The Morgan fingerprint density at radius 2 is 1.68 bits per heavy atom. The van der Waals surface area contributed by atoms with Crippen molar-refractivity contribution < 1.29 is 27.6 Å². The van der Waals surface area contributed by atoms with Gasteiger partial charge in [0.15, 0.2) is 6.61 Å². The van der Waals surface area contributed by atoms with Crippen LogP contribution in [-0.4, -0.2) is 43.7 Å². The van der Waals surface area contributed by atoms with Crippen LogP contribution in [0.25, 0.3) is 0 Å². The van der Waals surface area contributed by atoms with Crippen LogP contribution in [0, 0.1) is 0 Å². The van der Waals surface area contributed by atoms with Crippen molar-refractivity contribution in [2.75, 3.05) is 17.9 Å². The van der Waals surface area contributed by atoms with Crippen molar-refractivity contribution in [3.63, 3.8) is 0 Å². The lowest BCUT2D eigenvalue weighted by Crippen LogP contribution is -2.25. The largest absolute Gasteiger partial charge is 0.490 e. The average molecular weight is 540 g/mol. The Morgan fingerprint density at radius 3 is 2.32 bits per heavy atom. The van der Waals surface area contributed by atoms with E-state index in [0.29, 0.717) is 23.6 Å². The molecule has 9 nitrogen and oxygen atoms in total. The predicted octanol–water partition coefficient (Wildman–Crippen LogP) is 4.20. The summed E-state index contributed by atoms with van der Waals surface area (Å²) >= 11 is 1.01. The van der Waals surface area contributed by atoms with Gasteiger partial charge in [-0.15, -0.1) is 0 Å². The van der Waals surface area contributed by atoms with E-state index in [4.69, 9.17) is 9.57 Å². The number of thioether (sulfide) groups is 1. The first-order chi connectivity index (χ1) is 17.8. The molecule has 0 bridgehead atoms. The van der Waals surface area contributed by atoms with Crippen LogP contribution in [0.1, 0.15) is 18.1 Å². The molecule has 0 radical (unpaired) electrons. The van der Waals surface area contributed by atoms with Crippen LogP contribution >= 0.6 is 11.8 Å². The smallest absolute Gasteiger partial charge is 0.286 e. The summed E-state index contributed by atoms with van der Waals surface area (Å²) in [6.07, 6.45) is 0.472. The Morgan fingerprint density at radius 1 is 0.973 bits per heavy atom. The maximum atomic E-state index is 12.4. The van der Waals surface area contributed by atoms with E-state index in [-0.39, 0.29) is 29.3 Å². The Hall–Kier alpha value is -3.83. The van der Waals surface area contributed by atoms with E-state index in [1.54, 1.807) is 61.5 Å². The third kappa shape index (κ3) is 7.34. The minimum atomic E-state index is -3.65. The van der Waals surface area contributed by atoms with E-state index >= 15 is 0 Å². The predicted molar refractivity (Wildman–Crippen MR) is 142 cm³/mol. The second-order valence-corrected chi connectivity index (χ2v) is 10.9. The molecule has 11 heteroatoms. The highest BCUT2D eigenvalue weighted by Crippen LogP contribution is 2.24. The third-order valence-corrected chi connectivity index (χ3v) is 7.74. The van der Waals surface area contributed by atoms with Gasteiger partial charge in [-0.05, 0) is 60.9 Å². The van der Waals surface area contributed by atoms with Gasteiger partial charge in [-0.1, -0.05) is 59.4 Å². The standard InChI is InChI=1S/C26H25N3O6S2/c1-18(20-9-11-21(12-10-20)29-37(32,33)23-5-3-2-4-6-23)28-35-16-15-34-22-13-7-19(8-14-22)17-24-25(30)27-26(31)36-24/h2-14,24,29H,15-17H2,1H3,(H,27,30,31)/b28-18-. The number of anilines is 1. The summed E-state index contributed by atoms with van der Waals surface area (Å²) in [6.45, 7) is 2.31. The first-order valence-electron chi connectivity index (χ1n) is 11.4. The third-order valence-electron chi connectivity index (χ3n) is 5.36. The molecule has 1 aliphatic heterocycles. The summed E-state index contributed by atoms with van der Waals surface area (Å²) in [5.74, 6) is 0.396. The van der Waals surface area contributed by atoms with Crippen molar-refractivity contribution in [1.29, 1.82) is 0 Å². The van der Waals surface area contributed by atoms with E-state index in [1.807, 2.05) is 12.1 Å². The molecule has 0 aliphatic carbocycles. The van der Waals surface area contributed by atoms with Gasteiger partial charge >= 0.3 is 0 Å². The molecule has 0 aromatic heterocycles. The molecule has 1 fully saturated rings. The van der Waals surface area contributed by atoms with E-state index < -0.39 is 15.3 Å². The average Bonchev–Trinajstić information content (AvgIpc) is 3.21. The van der Waals surface area contributed by atoms with Crippen LogP contribution in [0.3, 0.4) is 0 Å². The van der Waals surface area contributed by atoms with Gasteiger partial charge in [0.05, 0.1) is 15.9 Å². The fraction of sp³-hybridized carbons (Fsp3) is 0.192. The summed E-state index contributed by atoms with van der Waals surface area (Å²) in [7, 11) is -3.65. The first kappa shape index (κ1) is 26.2. The highest BCUT2D eigenvalue weighted by Gasteiger charge is 2.31. The fourth-order valence-electron chi connectivity index (χ4n) is 3.45. The zero-order valence-electron chi connectivity index (χ0n) is 19.9. The SMILES string of the molecule is C/C(=N/OCCOc1ccc(CC2SC(=O)NC2=O)cc1)c1ccc(NS(=O)(=O)c2ccccc2)cc1. The van der Waals surface area contributed by atoms with Gasteiger partial charge in [0.2, 0.25) is 5.91 Å². The quantitative estimate of drug-likeness (QED) is 0.213. The van der Waals surface area contributed by atoms with Crippen LogP contribution < -0.4 is 14.8 Å². The van der Waals surface area contributed by atoms with Crippen LogP contribution in [0.15, 0.2) is 88.9 Å². The number of sulfonamides is 1. The molecule has 192 valence electrons. The zero-order valence-corrected chi connectivity index (χ0v) is 21.6. The molecule has 3 aromatic rings. The lowest BCUT2D eigenvalue weighted by atomic mass is 10.1. The normalized spacial score (nSPS) is 15.8. The maximum Gasteiger partial charge on any atom is 0.286 e. The number of benzene rings is 3. The van der Waals surface area contributed by atoms with E-state index in [2.05, 4.69) is 15.2 Å². The molecule has 0 saturated carbocycles. The number of nitrogens with zero attached hydrogens (tertiary/aromatic N) is 1. The van der Waals surface area contributed by atoms with Gasteiger partial charge in [0, 0.05) is 5.69 Å². The van der Waals surface area contributed by atoms with Gasteiger partial charge in [0.25, 0.3) is 15.3 Å². The molecule has 0 spiro atoms. The number of amides is 2. The van der Waals surface area contributed by atoms with Crippen molar-refractivity contribution in [3.8, 4) is 5.75 Å². The van der Waals surface area contributed by atoms with Gasteiger partial charge in [-0.3, -0.25) is 19.6 Å². The van der Waals surface area contributed by atoms with E-state index in [0.717, 1.165) is 22.9 Å². The number of hydrogen-bond acceptors (Lipinski definition) is 8. The van der Waals surface area contributed by atoms with Crippen LogP contribution in [0.4, 0.5) is 10.5 Å². The number of carbonyl (C=O) groups excluding carboxylic acids is 2. The Bertz CT molecular complexity index is 1380. The molecule has 2 amide bonds. The monoisotopic (exact) mass is 539 g/mol. The van der Waals surface area contributed by atoms with Gasteiger partial charge in [-0.25, -0.2) is 8.42 Å². The lowest BCUT2D eigenvalue weighted by Gasteiger charge is -2.09. The summed E-state index contributed by atoms with van der Waals surface area (Å²) < 4.78 is 33.1. The second-order valence-electron chi connectivity index (χ2n) is 8.09. The van der Waals surface area contributed by atoms with Gasteiger partial charge in [0.1, 0.15) is 12.4 Å².